The Morgan fingerprint density at radius 1 is 1.10 bits per heavy atom. The first-order valence-electron chi connectivity index (χ1n) is 6.20. The van der Waals surface area contributed by atoms with E-state index in [2.05, 4.69) is 22.0 Å². The van der Waals surface area contributed by atoms with Gasteiger partial charge in [-0.1, -0.05) is 52.3 Å². The first-order chi connectivity index (χ1) is 9.70. The Balaban J connectivity index is 2.01. The highest BCUT2D eigenvalue weighted by Crippen LogP contribution is 2.42. The average Bonchev–Trinajstić information content (AvgIpc) is 2.74. The highest BCUT2D eigenvalue weighted by molar-refractivity contribution is 9.09. The molecule has 0 saturated heterocycles. The van der Waals surface area contributed by atoms with Gasteiger partial charge in [-0.2, -0.15) is 5.26 Å². The summed E-state index contributed by atoms with van der Waals surface area (Å²) in [6, 6.07) is 16.9. The number of allylic oxidation sites excluding steroid dienone is 1. The van der Waals surface area contributed by atoms with E-state index in [4.69, 9.17) is 5.26 Å². The van der Waals surface area contributed by atoms with Gasteiger partial charge >= 0.3 is 0 Å². The van der Waals surface area contributed by atoms with Gasteiger partial charge in [-0.15, -0.1) is 0 Å². The third-order valence-electron chi connectivity index (χ3n) is 3.38. The van der Waals surface area contributed by atoms with Gasteiger partial charge in [-0.3, -0.25) is 4.79 Å². The molecule has 2 aromatic rings. The molecular weight excluding hydrogens is 314 g/mol. The quantitative estimate of drug-likeness (QED) is 0.580. The highest BCUT2D eigenvalue weighted by Gasteiger charge is 2.32. The van der Waals surface area contributed by atoms with E-state index in [1.807, 2.05) is 42.5 Å². The molecule has 1 aliphatic carbocycles. The Morgan fingerprint density at radius 3 is 2.45 bits per heavy atom. The van der Waals surface area contributed by atoms with Crippen molar-refractivity contribution in [1.29, 1.82) is 5.26 Å². The molecule has 0 fully saturated rings. The summed E-state index contributed by atoms with van der Waals surface area (Å²) >= 11 is 3.59. The fraction of sp³-hybridized carbons (Fsp3) is 0.0588. The third-order valence-corrected chi connectivity index (χ3v) is 4.36. The largest absolute Gasteiger partial charge is 0.289 e. The van der Waals surface area contributed by atoms with Crippen LogP contribution in [-0.4, -0.2) is 5.78 Å². The SMILES string of the molecule is N#Cc1ccc(/C=C2\C(=O)c3ccccc3C2Br)cc1. The molecule has 96 valence electrons. The lowest BCUT2D eigenvalue weighted by molar-refractivity contribution is 0.104. The Bertz CT molecular complexity index is 753. The number of nitriles is 1. The molecular formula is C17H10BrNO. The van der Waals surface area contributed by atoms with Gasteiger partial charge in [0.1, 0.15) is 0 Å². The second kappa shape index (κ2) is 5.07. The minimum absolute atomic E-state index is 0.0619. The van der Waals surface area contributed by atoms with Crippen molar-refractivity contribution in [3.05, 3.63) is 76.4 Å². The van der Waals surface area contributed by atoms with E-state index in [9.17, 15) is 4.79 Å². The van der Waals surface area contributed by atoms with E-state index in [0.29, 0.717) is 5.56 Å². The zero-order valence-electron chi connectivity index (χ0n) is 10.5. The maximum atomic E-state index is 12.4. The molecule has 3 rings (SSSR count). The van der Waals surface area contributed by atoms with Crippen molar-refractivity contribution in [2.75, 3.05) is 0 Å². The van der Waals surface area contributed by atoms with Crippen molar-refractivity contribution in [3.8, 4) is 6.07 Å². The summed E-state index contributed by atoms with van der Waals surface area (Å²) in [4.78, 5) is 12.3. The van der Waals surface area contributed by atoms with Crippen LogP contribution in [0, 0.1) is 11.3 Å². The fourth-order valence-corrected chi connectivity index (χ4v) is 3.07. The molecule has 20 heavy (non-hydrogen) atoms. The Kier molecular flexibility index (Phi) is 3.25. The van der Waals surface area contributed by atoms with E-state index in [1.54, 1.807) is 12.1 Å². The number of fused-ring (bicyclic) bond motifs is 1. The van der Waals surface area contributed by atoms with E-state index >= 15 is 0 Å². The number of carbonyl (C=O) groups is 1. The summed E-state index contributed by atoms with van der Waals surface area (Å²) in [6.45, 7) is 0. The second-order valence-electron chi connectivity index (χ2n) is 4.61. The first kappa shape index (κ1) is 12.8. The van der Waals surface area contributed by atoms with E-state index in [-0.39, 0.29) is 10.6 Å². The Morgan fingerprint density at radius 2 is 1.80 bits per heavy atom. The number of carbonyl (C=O) groups excluding carboxylic acids is 1. The zero-order chi connectivity index (χ0) is 14.1. The van der Waals surface area contributed by atoms with E-state index < -0.39 is 0 Å². The second-order valence-corrected chi connectivity index (χ2v) is 5.53. The highest BCUT2D eigenvalue weighted by atomic mass is 79.9. The fourth-order valence-electron chi connectivity index (χ4n) is 2.34. The number of rotatable bonds is 1. The first-order valence-corrected chi connectivity index (χ1v) is 7.12. The molecule has 0 bridgehead atoms. The van der Waals surface area contributed by atoms with Crippen LogP contribution in [0.2, 0.25) is 0 Å². The van der Waals surface area contributed by atoms with Gasteiger partial charge < -0.3 is 0 Å². The van der Waals surface area contributed by atoms with E-state index in [1.165, 1.54) is 0 Å². The van der Waals surface area contributed by atoms with Crippen molar-refractivity contribution in [2.45, 2.75) is 4.83 Å². The van der Waals surface area contributed by atoms with Crippen LogP contribution in [0.1, 0.15) is 31.9 Å². The minimum Gasteiger partial charge on any atom is -0.289 e. The predicted molar refractivity (Wildman–Crippen MR) is 81.6 cm³/mol. The van der Waals surface area contributed by atoms with Gasteiger partial charge in [0, 0.05) is 11.1 Å². The molecule has 2 aromatic carbocycles. The van der Waals surface area contributed by atoms with Gasteiger partial charge in [-0.05, 0) is 29.3 Å². The third kappa shape index (κ3) is 2.09. The van der Waals surface area contributed by atoms with Crippen LogP contribution in [0.5, 0.6) is 0 Å². The normalized spacial score (nSPS) is 18.9. The lowest BCUT2D eigenvalue weighted by Gasteiger charge is -2.03. The van der Waals surface area contributed by atoms with Crippen LogP contribution in [-0.2, 0) is 0 Å². The molecule has 1 unspecified atom stereocenters. The van der Waals surface area contributed by atoms with Gasteiger partial charge in [0.05, 0.1) is 16.5 Å². The lowest BCUT2D eigenvalue weighted by Crippen LogP contribution is -1.95. The maximum Gasteiger partial charge on any atom is 0.190 e. The molecule has 0 spiro atoms. The molecule has 3 heteroatoms. The molecule has 0 saturated carbocycles. The summed E-state index contributed by atoms with van der Waals surface area (Å²) in [5, 5.41) is 8.79. The molecule has 1 aliphatic rings. The van der Waals surface area contributed by atoms with E-state index in [0.717, 1.165) is 22.3 Å². The standard InChI is InChI=1S/C17H10BrNO/c18-16-13-3-1-2-4-14(13)17(20)15(16)9-11-5-7-12(10-19)8-6-11/h1-9,16H/b15-9-. The molecule has 0 heterocycles. The number of nitrogens with zero attached hydrogens (tertiary/aromatic N) is 1. The monoisotopic (exact) mass is 323 g/mol. The Labute approximate surface area is 125 Å². The van der Waals surface area contributed by atoms with Crippen LogP contribution >= 0.6 is 15.9 Å². The average molecular weight is 324 g/mol. The van der Waals surface area contributed by atoms with Crippen LogP contribution in [0.15, 0.2) is 54.1 Å². The van der Waals surface area contributed by atoms with Crippen LogP contribution in [0.3, 0.4) is 0 Å². The minimum atomic E-state index is -0.0677. The number of ketones is 1. The number of hydrogen-bond donors (Lipinski definition) is 0. The number of alkyl halides is 1. The molecule has 0 aliphatic heterocycles. The van der Waals surface area contributed by atoms with Crippen molar-refractivity contribution in [3.63, 3.8) is 0 Å². The van der Waals surface area contributed by atoms with Gasteiger partial charge in [0.15, 0.2) is 5.78 Å². The zero-order valence-corrected chi connectivity index (χ0v) is 12.1. The summed E-state index contributed by atoms with van der Waals surface area (Å²) in [5.41, 5.74) is 4.04. The van der Waals surface area contributed by atoms with Crippen LogP contribution in [0.4, 0.5) is 0 Å². The number of Topliss-reactive ketones (excluding diaryl/α,β-unsaturated/α-hetero) is 1. The van der Waals surface area contributed by atoms with Crippen molar-refractivity contribution < 1.29 is 4.79 Å². The summed E-state index contributed by atoms with van der Waals surface area (Å²) < 4.78 is 0. The lowest BCUT2D eigenvalue weighted by atomic mass is 10.1. The molecule has 0 amide bonds. The van der Waals surface area contributed by atoms with Gasteiger partial charge in [-0.25, -0.2) is 0 Å². The molecule has 0 aromatic heterocycles. The van der Waals surface area contributed by atoms with Crippen LogP contribution in [0.25, 0.3) is 6.08 Å². The van der Waals surface area contributed by atoms with Gasteiger partial charge in [0.25, 0.3) is 0 Å². The molecule has 1 atom stereocenters. The van der Waals surface area contributed by atoms with Crippen molar-refractivity contribution >= 4 is 27.8 Å². The van der Waals surface area contributed by atoms with Crippen molar-refractivity contribution in [1.82, 2.24) is 0 Å². The smallest absolute Gasteiger partial charge is 0.190 e. The number of benzene rings is 2. The molecule has 0 N–H and O–H groups in total. The summed E-state index contributed by atoms with van der Waals surface area (Å²) in [5.74, 6) is 0.0619. The van der Waals surface area contributed by atoms with Crippen LogP contribution < -0.4 is 0 Å². The molecule has 0 radical (unpaired) electrons. The summed E-state index contributed by atoms with van der Waals surface area (Å²) in [6.07, 6.45) is 1.88. The Hall–Kier alpha value is -2.18. The molecule has 2 nitrogen and oxygen atoms in total. The summed E-state index contributed by atoms with van der Waals surface area (Å²) in [7, 11) is 0. The van der Waals surface area contributed by atoms with Crippen molar-refractivity contribution in [2.24, 2.45) is 0 Å². The predicted octanol–water partition coefficient (Wildman–Crippen LogP) is 4.27. The maximum absolute atomic E-state index is 12.4. The van der Waals surface area contributed by atoms with Gasteiger partial charge in [0.2, 0.25) is 0 Å². The number of halogens is 1. The topological polar surface area (TPSA) is 40.9 Å². The number of hydrogen-bond acceptors (Lipinski definition) is 2.